The second-order valence-corrected chi connectivity index (χ2v) is 4.08. The fourth-order valence-electron chi connectivity index (χ4n) is 0.826. The van der Waals surface area contributed by atoms with E-state index in [-0.39, 0.29) is 18.1 Å². The normalized spacial score (nSPS) is 11.8. The summed E-state index contributed by atoms with van der Waals surface area (Å²) in [6, 6.07) is 0. The van der Waals surface area contributed by atoms with Gasteiger partial charge in [0.15, 0.2) is 0 Å². The number of nitrogens with two attached hydrogens (primary N) is 1. The average molecular weight is 206 g/mol. The van der Waals surface area contributed by atoms with Crippen LogP contribution in [0.15, 0.2) is 6.33 Å². The summed E-state index contributed by atoms with van der Waals surface area (Å²) in [4.78, 5) is 3.65. The molecule has 1 aromatic rings. The van der Waals surface area contributed by atoms with Crippen molar-refractivity contribution < 1.29 is 13.0 Å². The summed E-state index contributed by atoms with van der Waals surface area (Å²) in [5, 5.41) is 3.74. The van der Waals surface area contributed by atoms with Gasteiger partial charge < -0.3 is 5.73 Å². The highest BCUT2D eigenvalue weighted by Crippen LogP contribution is 1.94. The highest BCUT2D eigenvalue weighted by Gasteiger charge is 2.04. The predicted octanol–water partition coefficient (Wildman–Crippen LogP) is -0.862. The molecule has 0 bridgehead atoms. The van der Waals surface area contributed by atoms with E-state index in [1.165, 1.54) is 11.0 Å². The number of anilines is 1. The summed E-state index contributed by atoms with van der Waals surface area (Å²) in [6.45, 7) is 0.365. The molecule has 0 atom stereocenters. The maximum Gasteiger partial charge on any atom is 0.264 e. The summed E-state index contributed by atoms with van der Waals surface area (Å²) >= 11 is 0. The van der Waals surface area contributed by atoms with E-state index >= 15 is 0 Å². The number of nitrogen functional groups attached to an aromatic ring is 1. The highest BCUT2D eigenvalue weighted by atomic mass is 32.2. The van der Waals surface area contributed by atoms with Gasteiger partial charge in [-0.05, 0) is 6.42 Å². The van der Waals surface area contributed by atoms with E-state index in [0.29, 0.717) is 6.54 Å². The van der Waals surface area contributed by atoms with Gasteiger partial charge in [-0.1, -0.05) is 0 Å². The molecule has 0 aliphatic heterocycles. The van der Waals surface area contributed by atoms with Gasteiger partial charge in [0.25, 0.3) is 10.1 Å². The Labute approximate surface area is 75.3 Å². The maximum atomic E-state index is 10.3. The minimum absolute atomic E-state index is 0.145. The monoisotopic (exact) mass is 206 g/mol. The van der Waals surface area contributed by atoms with Crippen molar-refractivity contribution in [1.29, 1.82) is 0 Å². The lowest BCUT2D eigenvalue weighted by Gasteiger charge is -1.97. The van der Waals surface area contributed by atoms with E-state index in [1.54, 1.807) is 0 Å². The third-order valence-electron chi connectivity index (χ3n) is 1.34. The summed E-state index contributed by atoms with van der Waals surface area (Å²) in [7, 11) is -3.88. The zero-order valence-electron chi connectivity index (χ0n) is 6.79. The van der Waals surface area contributed by atoms with E-state index in [1.807, 2.05) is 0 Å². The molecule has 0 unspecified atom stereocenters. The molecule has 0 radical (unpaired) electrons. The molecule has 0 aliphatic carbocycles. The van der Waals surface area contributed by atoms with Gasteiger partial charge in [0.05, 0.1) is 5.75 Å². The summed E-state index contributed by atoms with van der Waals surface area (Å²) < 4.78 is 30.4. The number of nitrogens with zero attached hydrogens (tertiary/aromatic N) is 3. The Bertz CT molecular complexity index is 371. The predicted molar refractivity (Wildman–Crippen MR) is 45.5 cm³/mol. The van der Waals surface area contributed by atoms with Gasteiger partial charge >= 0.3 is 0 Å². The van der Waals surface area contributed by atoms with Crippen molar-refractivity contribution in [1.82, 2.24) is 14.8 Å². The number of hydrogen-bond donors (Lipinski definition) is 2. The van der Waals surface area contributed by atoms with Crippen molar-refractivity contribution in [2.75, 3.05) is 11.5 Å². The third kappa shape index (κ3) is 3.85. The van der Waals surface area contributed by atoms with Crippen molar-refractivity contribution >= 4 is 16.1 Å². The minimum Gasteiger partial charge on any atom is -0.367 e. The van der Waals surface area contributed by atoms with Crippen molar-refractivity contribution in [2.24, 2.45) is 0 Å². The first-order chi connectivity index (χ1) is 5.97. The van der Waals surface area contributed by atoms with Crippen LogP contribution in [0.5, 0.6) is 0 Å². The minimum atomic E-state index is -3.88. The van der Waals surface area contributed by atoms with Gasteiger partial charge in [0.1, 0.15) is 6.33 Å². The Balaban J connectivity index is 2.36. The van der Waals surface area contributed by atoms with Crippen molar-refractivity contribution in [3.8, 4) is 0 Å². The molecule has 3 N–H and O–H groups in total. The molecule has 13 heavy (non-hydrogen) atoms. The second-order valence-electron chi connectivity index (χ2n) is 2.51. The topological polar surface area (TPSA) is 111 Å². The molecule has 0 spiro atoms. The van der Waals surface area contributed by atoms with E-state index in [0.717, 1.165) is 0 Å². The number of aromatic nitrogens is 3. The molecule has 0 aromatic carbocycles. The molecular formula is C5H10N4O3S. The average Bonchev–Trinajstić information content (AvgIpc) is 2.33. The number of aryl methyl sites for hydroxylation is 1. The van der Waals surface area contributed by atoms with E-state index < -0.39 is 10.1 Å². The molecule has 0 fully saturated rings. The molecule has 0 aliphatic rings. The van der Waals surface area contributed by atoms with Gasteiger partial charge in [-0.15, -0.1) is 5.10 Å². The van der Waals surface area contributed by atoms with Gasteiger partial charge in [-0.25, -0.2) is 4.98 Å². The molecule has 1 rings (SSSR count). The SMILES string of the molecule is Nc1ncn(CCCS(=O)(=O)O)n1. The summed E-state index contributed by atoms with van der Waals surface area (Å²) in [6.07, 6.45) is 1.68. The molecule has 8 heteroatoms. The van der Waals surface area contributed by atoms with Crippen LogP contribution in [0.25, 0.3) is 0 Å². The molecule has 0 saturated heterocycles. The van der Waals surface area contributed by atoms with E-state index in [2.05, 4.69) is 10.1 Å². The molecule has 0 amide bonds. The molecule has 1 heterocycles. The second kappa shape index (κ2) is 3.71. The smallest absolute Gasteiger partial charge is 0.264 e. The van der Waals surface area contributed by atoms with Gasteiger partial charge in [-0.2, -0.15) is 8.42 Å². The van der Waals surface area contributed by atoms with Crippen molar-refractivity contribution in [3.05, 3.63) is 6.33 Å². The largest absolute Gasteiger partial charge is 0.367 e. The van der Waals surface area contributed by atoms with Crippen LogP contribution in [0, 0.1) is 0 Å². The van der Waals surface area contributed by atoms with Crippen molar-refractivity contribution in [2.45, 2.75) is 13.0 Å². The lowest BCUT2D eigenvalue weighted by atomic mass is 10.5. The molecular weight excluding hydrogens is 196 g/mol. The standard InChI is InChI=1S/C5H10N4O3S/c6-5-7-4-9(8-5)2-1-3-13(10,11)12/h4H,1-3H2,(H2,6,8)(H,10,11,12). The molecule has 1 aromatic heterocycles. The van der Waals surface area contributed by atoms with Crippen LogP contribution in [0.2, 0.25) is 0 Å². The van der Waals surface area contributed by atoms with Gasteiger partial charge in [0.2, 0.25) is 5.95 Å². The first-order valence-electron chi connectivity index (χ1n) is 3.57. The summed E-state index contributed by atoms with van der Waals surface area (Å²) in [5.41, 5.74) is 5.23. The maximum absolute atomic E-state index is 10.3. The lowest BCUT2D eigenvalue weighted by Crippen LogP contribution is -2.08. The van der Waals surface area contributed by atoms with Crippen LogP contribution in [-0.2, 0) is 16.7 Å². The molecule has 74 valence electrons. The Hall–Kier alpha value is -1.15. The first-order valence-corrected chi connectivity index (χ1v) is 5.18. The van der Waals surface area contributed by atoms with Crippen LogP contribution in [0.3, 0.4) is 0 Å². The Morgan fingerprint density at radius 3 is 2.77 bits per heavy atom. The Morgan fingerprint density at radius 2 is 2.31 bits per heavy atom. The Kier molecular flexibility index (Phi) is 2.83. The zero-order valence-corrected chi connectivity index (χ0v) is 7.61. The Morgan fingerprint density at radius 1 is 1.62 bits per heavy atom. The fourth-order valence-corrected chi connectivity index (χ4v) is 1.32. The van der Waals surface area contributed by atoms with Crippen LogP contribution in [0.4, 0.5) is 5.95 Å². The lowest BCUT2D eigenvalue weighted by molar-refractivity contribution is 0.476. The van der Waals surface area contributed by atoms with E-state index in [4.69, 9.17) is 10.3 Å². The van der Waals surface area contributed by atoms with Crippen LogP contribution in [-0.4, -0.2) is 33.5 Å². The summed E-state index contributed by atoms with van der Waals surface area (Å²) in [5.74, 6) is -0.140. The van der Waals surface area contributed by atoms with Crippen LogP contribution in [0.1, 0.15) is 6.42 Å². The number of rotatable bonds is 4. The molecule has 0 saturated carbocycles. The quantitative estimate of drug-likeness (QED) is 0.620. The van der Waals surface area contributed by atoms with Crippen LogP contribution < -0.4 is 5.73 Å². The highest BCUT2D eigenvalue weighted by molar-refractivity contribution is 7.85. The van der Waals surface area contributed by atoms with Gasteiger partial charge in [-0.3, -0.25) is 9.23 Å². The van der Waals surface area contributed by atoms with Gasteiger partial charge in [0, 0.05) is 6.54 Å². The van der Waals surface area contributed by atoms with Crippen LogP contribution >= 0.6 is 0 Å². The zero-order chi connectivity index (χ0) is 9.90. The third-order valence-corrected chi connectivity index (χ3v) is 2.15. The molecule has 7 nitrogen and oxygen atoms in total. The van der Waals surface area contributed by atoms with Crippen molar-refractivity contribution in [3.63, 3.8) is 0 Å². The van der Waals surface area contributed by atoms with E-state index in [9.17, 15) is 8.42 Å². The first kappa shape index (κ1) is 9.93. The fraction of sp³-hybridized carbons (Fsp3) is 0.600. The number of hydrogen-bond acceptors (Lipinski definition) is 5.